The van der Waals surface area contributed by atoms with E-state index in [0.717, 1.165) is 5.69 Å². The normalized spacial score (nSPS) is 12.3. The van der Waals surface area contributed by atoms with Gasteiger partial charge in [-0.15, -0.1) is 0 Å². The number of benzene rings is 1. The molecule has 0 fully saturated rings. The van der Waals surface area contributed by atoms with Gasteiger partial charge in [0.2, 0.25) is 11.8 Å². The number of halogens is 1. The van der Waals surface area contributed by atoms with Crippen molar-refractivity contribution in [3.63, 3.8) is 0 Å². The minimum absolute atomic E-state index is 0.00196. The van der Waals surface area contributed by atoms with Gasteiger partial charge in [-0.1, -0.05) is 43.6 Å². The molecule has 116 valence electrons. The molecule has 1 aromatic carbocycles. The molecular weight excluding hydrogens is 332 g/mol. The standard InChI is InChI=1S/C16H23BrN2O2/c1-10(2)9-14(20)18-12-5-7-13(8-6-12)19-16(21)15(17)11(3)4/h5-8,10-11,15H,9H2,1-4H3,(H,18,20)(H,19,21). The minimum Gasteiger partial charge on any atom is -0.326 e. The number of nitrogens with one attached hydrogen (secondary N) is 2. The maximum absolute atomic E-state index is 11.9. The summed E-state index contributed by atoms with van der Waals surface area (Å²) in [5.41, 5.74) is 1.45. The van der Waals surface area contributed by atoms with Crippen molar-refractivity contribution >= 4 is 39.1 Å². The van der Waals surface area contributed by atoms with E-state index in [1.807, 2.05) is 27.7 Å². The van der Waals surface area contributed by atoms with Crippen LogP contribution in [0.3, 0.4) is 0 Å². The fourth-order valence-corrected chi connectivity index (χ4v) is 1.85. The van der Waals surface area contributed by atoms with Crippen molar-refractivity contribution in [3.8, 4) is 0 Å². The van der Waals surface area contributed by atoms with Crippen LogP contribution < -0.4 is 10.6 Å². The third-order valence-electron chi connectivity index (χ3n) is 2.87. The number of anilines is 2. The maximum Gasteiger partial charge on any atom is 0.238 e. The maximum atomic E-state index is 11.9. The SMILES string of the molecule is CC(C)CC(=O)Nc1ccc(NC(=O)C(Br)C(C)C)cc1. The van der Waals surface area contributed by atoms with Crippen LogP contribution >= 0.6 is 15.9 Å². The van der Waals surface area contributed by atoms with Crippen LogP contribution in [0.4, 0.5) is 11.4 Å². The third kappa shape index (κ3) is 6.29. The molecule has 0 heterocycles. The van der Waals surface area contributed by atoms with Gasteiger partial charge in [-0.25, -0.2) is 0 Å². The first-order chi connectivity index (χ1) is 9.79. The molecule has 1 rings (SSSR count). The Morgan fingerprint density at radius 3 is 1.90 bits per heavy atom. The molecule has 0 aliphatic heterocycles. The molecule has 1 aromatic rings. The van der Waals surface area contributed by atoms with Crippen molar-refractivity contribution in [2.75, 3.05) is 10.6 Å². The average Bonchev–Trinajstić information content (AvgIpc) is 2.38. The van der Waals surface area contributed by atoms with Crippen LogP contribution in [0.25, 0.3) is 0 Å². The van der Waals surface area contributed by atoms with Gasteiger partial charge in [0.15, 0.2) is 0 Å². The van der Waals surface area contributed by atoms with Gasteiger partial charge in [0.1, 0.15) is 0 Å². The second-order valence-corrected chi connectivity index (χ2v) is 6.85. The molecule has 0 bridgehead atoms. The minimum atomic E-state index is -0.220. The Labute approximate surface area is 134 Å². The number of carbonyl (C=O) groups excluding carboxylic acids is 2. The van der Waals surface area contributed by atoms with Gasteiger partial charge in [-0.2, -0.15) is 0 Å². The second-order valence-electron chi connectivity index (χ2n) is 5.86. The van der Waals surface area contributed by atoms with Crippen molar-refractivity contribution in [2.45, 2.75) is 38.9 Å². The van der Waals surface area contributed by atoms with E-state index < -0.39 is 0 Å². The lowest BCUT2D eigenvalue weighted by Crippen LogP contribution is -2.26. The molecule has 2 N–H and O–H groups in total. The van der Waals surface area contributed by atoms with E-state index in [2.05, 4.69) is 26.6 Å². The van der Waals surface area contributed by atoms with Crippen LogP contribution in [-0.4, -0.2) is 16.6 Å². The molecule has 0 aliphatic rings. The highest BCUT2D eigenvalue weighted by Crippen LogP contribution is 2.18. The summed E-state index contributed by atoms with van der Waals surface area (Å²) in [6.45, 7) is 7.96. The first-order valence-electron chi connectivity index (χ1n) is 7.14. The van der Waals surface area contributed by atoms with Gasteiger partial charge in [0.25, 0.3) is 0 Å². The number of hydrogen-bond acceptors (Lipinski definition) is 2. The number of carbonyl (C=O) groups is 2. The predicted molar refractivity (Wildman–Crippen MR) is 90.7 cm³/mol. The molecule has 0 spiro atoms. The van der Waals surface area contributed by atoms with Crippen molar-refractivity contribution in [1.82, 2.24) is 0 Å². The quantitative estimate of drug-likeness (QED) is 0.757. The van der Waals surface area contributed by atoms with Crippen LogP contribution in [0.15, 0.2) is 24.3 Å². The van der Waals surface area contributed by atoms with Gasteiger partial charge in [-0.3, -0.25) is 9.59 Å². The Balaban J connectivity index is 2.58. The predicted octanol–water partition coefficient (Wildman–Crippen LogP) is 4.03. The average molecular weight is 355 g/mol. The van der Waals surface area contributed by atoms with Gasteiger partial charge in [0.05, 0.1) is 4.83 Å². The molecular formula is C16H23BrN2O2. The summed E-state index contributed by atoms with van der Waals surface area (Å²) in [5, 5.41) is 5.67. The van der Waals surface area contributed by atoms with Gasteiger partial charge >= 0.3 is 0 Å². The van der Waals surface area contributed by atoms with Crippen molar-refractivity contribution in [3.05, 3.63) is 24.3 Å². The first-order valence-corrected chi connectivity index (χ1v) is 8.06. The molecule has 21 heavy (non-hydrogen) atoms. The lowest BCUT2D eigenvalue weighted by atomic mass is 10.1. The topological polar surface area (TPSA) is 58.2 Å². The number of rotatable bonds is 6. The Morgan fingerprint density at radius 2 is 1.48 bits per heavy atom. The van der Waals surface area contributed by atoms with Crippen molar-refractivity contribution in [1.29, 1.82) is 0 Å². The van der Waals surface area contributed by atoms with E-state index in [1.165, 1.54) is 0 Å². The van der Waals surface area contributed by atoms with Gasteiger partial charge < -0.3 is 10.6 Å². The summed E-state index contributed by atoms with van der Waals surface area (Å²) in [4.78, 5) is 23.4. The highest BCUT2D eigenvalue weighted by atomic mass is 79.9. The smallest absolute Gasteiger partial charge is 0.238 e. The van der Waals surface area contributed by atoms with E-state index in [0.29, 0.717) is 18.0 Å². The molecule has 0 radical (unpaired) electrons. The Bertz CT molecular complexity index is 484. The summed E-state index contributed by atoms with van der Waals surface area (Å²) in [5.74, 6) is 0.485. The van der Waals surface area contributed by atoms with Gasteiger partial charge in [-0.05, 0) is 36.1 Å². The van der Waals surface area contributed by atoms with E-state index in [4.69, 9.17) is 0 Å². The van der Waals surface area contributed by atoms with E-state index in [1.54, 1.807) is 24.3 Å². The zero-order valence-electron chi connectivity index (χ0n) is 12.9. The van der Waals surface area contributed by atoms with E-state index in [9.17, 15) is 9.59 Å². The summed E-state index contributed by atoms with van der Waals surface area (Å²) in [6, 6.07) is 7.13. The molecule has 4 nitrogen and oxygen atoms in total. The summed E-state index contributed by atoms with van der Waals surface area (Å²) >= 11 is 3.37. The third-order valence-corrected chi connectivity index (χ3v) is 4.34. The largest absolute Gasteiger partial charge is 0.326 e. The lowest BCUT2D eigenvalue weighted by molar-refractivity contribution is -0.117. The zero-order valence-corrected chi connectivity index (χ0v) is 14.5. The highest BCUT2D eigenvalue weighted by molar-refractivity contribution is 9.10. The molecule has 1 unspecified atom stereocenters. The second kappa shape index (κ2) is 8.17. The summed E-state index contributed by atoms with van der Waals surface area (Å²) in [6.07, 6.45) is 0.498. The molecule has 0 aromatic heterocycles. The number of amides is 2. The van der Waals surface area contributed by atoms with Crippen LogP contribution in [0.2, 0.25) is 0 Å². The molecule has 1 atom stereocenters. The highest BCUT2D eigenvalue weighted by Gasteiger charge is 2.18. The monoisotopic (exact) mass is 354 g/mol. The fraction of sp³-hybridized carbons (Fsp3) is 0.500. The van der Waals surface area contributed by atoms with Crippen molar-refractivity contribution < 1.29 is 9.59 Å². The van der Waals surface area contributed by atoms with Crippen LogP contribution in [0, 0.1) is 11.8 Å². The van der Waals surface area contributed by atoms with E-state index >= 15 is 0 Å². The van der Waals surface area contributed by atoms with Crippen LogP contribution in [0.5, 0.6) is 0 Å². The first kappa shape index (κ1) is 17.7. The van der Waals surface area contributed by atoms with Crippen LogP contribution in [-0.2, 0) is 9.59 Å². The van der Waals surface area contributed by atoms with E-state index in [-0.39, 0.29) is 22.6 Å². The number of hydrogen-bond donors (Lipinski definition) is 2. The lowest BCUT2D eigenvalue weighted by Gasteiger charge is -2.14. The van der Waals surface area contributed by atoms with Gasteiger partial charge in [0, 0.05) is 17.8 Å². The summed E-state index contributed by atoms with van der Waals surface area (Å²) < 4.78 is 0. The van der Waals surface area contributed by atoms with Crippen molar-refractivity contribution in [2.24, 2.45) is 11.8 Å². The fourth-order valence-electron chi connectivity index (χ4n) is 1.73. The zero-order chi connectivity index (χ0) is 16.0. The molecule has 0 saturated carbocycles. The molecule has 5 heteroatoms. The summed E-state index contributed by atoms with van der Waals surface area (Å²) in [7, 11) is 0. The van der Waals surface area contributed by atoms with Crippen LogP contribution in [0.1, 0.15) is 34.1 Å². The number of alkyl halides is 1. The Hall–Kier alpha value is -1.36. The Kier molecular flexibility index (Phi) is 6.89. The molecule has 0 aliphatic carbocycles. The molecule has 0 saturated heterocycles. The molecule has 2 amide bonds. The Morgan fingerprint density at radius 1 is 1.00 bits per heavy atom.